The zero-order valence-corrected chi connectivity index (χ0v) is 22.5. The van der Waals surface area contributed by atoms with Crippen LogP contribution in [0.1, 0.15) is 18.1 Å². The van der Waals surface area contributed by atoms with Crippen molar-refractivity contribution in [2.24, 2.45) is 5.10 Å². The highest BCUT2D eigenvalue weighted by Gasteiger charge is 2.16. The van der Waals surface area contributed by atoms with Crippen molar-refractivity contribution in [2.45, 2.75) is 18.6 Å². The van der Waals surface area contributed by atoms with Crippen LogP contribution in [0, 0.1) is 0 Å². The minimum Gasteiger partial charge on any atom is -0.493 e. The van der Waals surface area contributed by atoms with Gasteiger partial charge in [0.25, 0.3) is 5.91 Å². The van der Waals surface area contributed by atoms with Crippen LogP contribution in [0.4, 0.5) is 0 Å². The van der Waals surface area contributed by atoms with Crippen LogP contribution >= 0.6 is 23.4 Å². The lowest BCUT2D eigenvalue weighted by Crippen LogP contribution is -2.20. The average Bonchev–Trinajstić information content (AvgIpc) is 3.26. The fraction of sp³-hybridized carbons (Fsp3) is 0.185. The zero-order valence-electron chi connectivity index (χ0n) is 20.9. The van der Waals surface area contributed by atoms with Crippen LogP contribution in [0.15, 0.2) is 70.9 Å². The number of para-hydroxylation sites is 2. The third kappa shape index (κ3) is 6.64. The van der Waals surface area contributed by atoms with Crippen LogP contribution in [-0.2, 0) is 16.1 Å². The van der Waals surface area contributed by atoms with Gasteiger partial charge < -0.3 is 18.8 Å². The standard InChI is InChI=1S/C27H25ClN4O5S/c1-17(33)37-26-23(35-2)12-19(13-24(26)36-3)14-29-31-25(34)16-38-27-30-21-6-4-5-7-22(21)32(27)15-18-8-10-20(28)11-9-18/h4-14H,15-16H2,1-3H3,(H,31,34). The molecule has 3 aromatic carbocycles. The maximum atomic E-state index is 12.5. The molecule has 0 bridgehead atoms. The summed E-state index contributed by atoms with van der Waals surface area (Å²) in [6, 6.07) is 18.7. The van der Waals surface area contributed by atoms with Crippen molar-refractivity contribution < 1.29 is 23.8 Å². The number of ether oxygens (including phenoxy) is 3. The largest absolute Gasteiger partial charge is 0.493 e. The number of nitrogens with zero attached hydrogens (tertiary/aromatic N) is 3. The summed E-state index contributed by atoms with van der Waals surface area (Å²) in [6.45, 7) is 1.88. The van der Waals surface area contributed by atoms with E-state index in [4.69, 9.17) is 30.8 Å². The first kappa shape index (κ1) is 27.0. The van der Waals surface area contributed by atoms with Crippen LogP contribution in [0.5, 0.6) is 17.2 Å². The van der Waals surface area contributed by atoms with E-state index in [1.807, 2.05) is 48.5 Å². The monoisotopic (exact) mass is 552 g/mol. The molecule has 1 aromatic heterocycles. The molecule has 4 rings (SSSR count). The quantitative estimate of drug-likeness (QED) is 0.0978. The minimum atomic E-state index is -0.505. The first-order valence-electron chi connectivity index (χ1n) is 11.5. The van der Waals surface area contributed by atoms with Crippen molar-refractivity contribution in [3.63, 3.8) is 0 Å². The summed E-state index contributed by atoms with van der Waals surface area (Å²) in [7, 11) is 2.89. The SMILES string of the molecule is COc1cc(C=NNC(=O)CSc2nc3ccccc3n2Cc2ccc(Cl)cc2)cc(OC)c1OC(C)=O. The van der Waals surface area contributed by atoms with Gasteiger partial charge in [0.1, 0.15) is 0 Å². The summed E-state index contributed by atoms with van der Waals surface area (Å²) in [5.74, 6) is 0.0621. The summed E-state index contributed by atoms with van der Waals surface area (Å²) in [5.41, 5.74) is 5.99. The molecule has 196 valence electrons. The van der Waals surface area contributed by atoms with Gasteiger partial charge in [-0.25, -0.2) is 10.4 Å². The summed E-state index contributed by atoms with van der Waals surface area (Å²) in [5, 5.41) is 5.43. The number of benzene rings is 3. The third-order valence-electron chi connectivity index (χ3n) is 5.34. The minimum absolute atomic E-state index is 0.110. The molecule has 1 N–H and O–H groups in total. The molecule has 1 heterocycles. The Morgan fingerprint density at radius 2 is 1.76 bits per heavy atom. The van der Waals surface area contributed by atoms with Crippen molar-refractivity contribution in [2.75, 3.05) is 20.0 Å². The normalized spacial score (nSPS) is 11.1. The van der Waals surface area contributed by atoms with Gasteiger partial charge in [-0.1, -0.05) is 47.6 Å². The summed E-state index contributed by atoms with van der Waals surface area (Å²) in [6.07, 6.45) is 1.45. The Bertz CT molecular complexity index is 1460. The number of halogens is 1. The Kier molecular flexibility index (Phi) is 8.88. The van der Waals surface area contributed by atoms with Crippen molar-refractivity contribution >= 4 is 52.5 Å². The first-order valence-corrected chi connectivity index (χ1v) is 12.8. The van der Waals surface area contributed by atoms with E-state index in [-0.39, 0.29) is 17.4 Å². The van der Waals surface area contributed by atoms with Gasteiger partial charge in [-0.2, -0.15) is 5.10 Å². The molecule has 0 atom stereocenters. The number of fused-ring (bicyclic) bond motifs is 1. The lowest BCUT2D eigenvalue weighted by atomic mass is 10.2. The van der Waals surface area contributed by atoms with Gasteiger partial charge in [0.15, 0.2) is 16.7 Å². The molecule has 11 heteroatoms. The number of carbonyl (C=O) groups is 2. The predicted molar refractivity (Wildman–Crippen MR) is 148 cm³/mol. The molecule has 0 radical (unpaired) electrons. The van der Waals surface area contributed by atoms with Gasteiger partial charge in [0, 0.05) is 17.5 Å². The van der Waals surface area contributed by atoms with E-state index in [0.29, 0.717) is 28.6 Å². The molecule has 0 aliphatic carbocycles. The van der Waals surface area contributed by atoms with Crippen molar-refractivity contribution in [1.82, 2.24) is 15.0 Å². The van der Waals surface area contributed by atoms with Crippen LogP contribution in [0.2, 0.25) is 5.02 Å². The topological polar surface area (TPSA) is 104 Å². The molecule has 1 amide bonds. The van der Waals surface area contributed by atoms with E-state index < -0.39 is 5.97 Å². The van der Waals surface area contributed by atoms with E-state index in [1.165, 1.54) is 39.1 Å². The van der Waals surface area contributed by atoms with Gasteiger partial charge in [0.05, 0.1) is 43.8 Å². The second-order valence-electron chi connectivity index (χ2n) is 8.03. The van der Waals surface area contributed by atoms with Crippen LogP contribution in [-0.4, -0.2) is 47.6 Å². The Morgan fingerprint density at radius 3 is 2.42 bits per heavy atom. The van der Waals surface area contributed by atoms with E-state index in [9.17, 15) is 9.59 Å². The summed E-state index contributed by atoms with van der Waals surface area (Å²) in [4.78, 5) is 28.7. The zero-order chi connectivity index (χ0) is 27.1. The highest BCUT2D eigenvalue weighted by atomic mass is 35.5. The third-order valence-corrected chi connectivity index (χ3v) is 6.57. The number of aromatic nitrogens is 2. The number of nitrogens with one attached hydrogen (secondary N) is 1. The van der Waals surface area contributed by atoms with E-state index >= 15 is 0 Å². The maximum absolute atomic E-state index is 12.5. The van der Waals surface area contributed by atoms with Crippen molar-refractivity contribution in [1.29, 1.82) is 0 Å². The van der Waals surface area contributed by atoms with Gasteiger partial charge in [0.2, 0.25) is 5.75 Å². The Morgan fingerprint density at radius 1 is 1.08 bits per heavy atom. The van der Waals surface area contributed by atoms with E-state index in [1.54, 1.807) is 12.1 Å². The fourth-order valence-corrected chi connectivity index (χ4v) is 4.58. The van der Waals surface area contributed by atoms with Crippen LogP contribution in [0.25, 0.3) is 11.0 Å². The second-order valence-corrected chi connectivity index (χ2v) is 9.40. The molecule has 0 unspecified atom stereocenters. The number of methoxy groups -OCH3 is 2. The molecule has 0 aliphatic heterocycles. The number of hydrogen-bond donors (Lipinski definition) is 1. The number of carbonyl (C=O) groups excluding carboxylic acids is 2. The van der Waals surface area contributed by atoms with E-state index in [2.05, 4.69) is 15.1 Å². The van der Waals surface area contributed by atoms with Crippen molar-refractivity contribution in [3.8, 4) is 17.2 Å². The van der Waals surface area contributed by atoms with Crippen molar-refractivity contribution in [3.05, 3.63) is 76.8 Å². The fourth-order valence-electron chi connectivity index (χ4n) is 3.65. The molecule has 0 spiro atoms. The van der Waals surface area contributed by atoms with E-state index in [0.717, 1.165) is 21.8 Å². The average molecular weight is 553 g/mol. The molecule has 0 saturated carbocycles. The molecule has 38 heavy (non-hydrogen) atoms. The molecule has 4 aromatic rings. The smallest absolute Gasteiger partial charge is 0.308 e. The van der Waals surface area contributed by atoms with Crippen LogP contribution < -0.4 is 19.6 Å². The summed E-state index contributed by atoms with van der Waals surface area (Å²) < 4.78 is 17.9. The van der Waals surface area contributed by atoms with Gasteiger partial charge in [-0.3, -0.25) is 9.59 Å². The molecular formula is C27H25ClN4O5S. The van der Waals surface area contributed by atoms with Crippen LogP contribution in [0.3, 0.4) is 0 Å². The molecule has 0 fully saturated rings. The molecular weight excluding hydrogens is 528 g/mol. The highest BCUT2D eigenvalue weighted by Crippen LogP contribution is 2.38. The number of imidazole rings is 1. The number of thioether (sulfide) groups is 1. The lowest BCUT2D eigenvalue weighted by Gasteiger charge is -2.13. The Balaban J connectivity index is 1.44. The number of amides is 1. The lowest BCUT2D eigenvalue weighted by molar-refractivity contribution is -0.132. The molecule has 0 saturated heterocycles. The molecule has 0 aliphatic rings. The number of hydrogen-bond acceptors (Lipinski definition) is 8. The Hall–Kier alpha value is -4.02. The van der Waals surface area contributed by atoms with Gasteiger partial charge in [-0.15, -0.1) is 0 Å². The number of hydrazone groups is 1. The van der Waals surface area contributed by atoms with Gasteiger partial charge in [-0.05, 0) is 42.0 Å². The number of esters is 1. The second kappa shape index (κ2) is 12.5. The Labute approximate surface area is 228 Å². The summed E-state index contributed by atoms with van der Waals surface area (Å²) >= 11 is 7.35. The van der Waals surface area contributed by atoms with Gasteiger partial charge >= 0.3 is 5.97 Å². The highest BCUT2D eigenvalue weighted by molar-refractivity contribution is 7.99. The number of rotatable bonds is 10. The molecule has 9 nitrogen and oxygen atoms in total. The first-order chi connectivity index (χ1) is 18.4. The maximum Gasteiger partial charge on any atom is 0.308 e. The predicted octanol–water partition coefficient (Wildman–Crippen LogP) is 4.92.